The lowest BCUT2D eigenvalue weighted by Crippen LogP contribution is -2.41. The van der Waals surface area contributed by atoms with Crippen molar-refractivity contribution in [3.63, 3.8) is 0 Å². The molecule has 30 heavy (non-hydrogen) atoms. The van der Waals surface area contributed by atoms with Crippen LogP contribution in [-0.2, 0) is 6.54 Å². The normalized spacial score (nSPS) is 15.4. The van der Waals surface area contributed by atoms with E-state index in [1.54, 1.807) is 14.2 Å². The van der Waals surface area contributed by atoms with E-state index in [9.17, 15) is 0 Å². The first-order valence-corrected chi connectivity index (χ1v) is 11.5. The van der Waals surface area contributed by atoms with Gasteiger partial charge >= 0.3 is 0 Å². The Morgan fingerprint density at radius 3 is 2.43 bits per heavy atom. The van der Waals surface area contributed by atoms with Crippen LogP contribution in [0.25, 0.3) is 0 Å². The molecule has 0 amide bonds. The van der Waals surface area contributed by atoms with Gasteiger partial charge in [0.15, 0.2) is 17.5 Å². The Balaban J connectivity index is 1.44. The minimum absolute atomic E-state index is 0.0400. The predicted octanol–water partition coefficient (Wildman–Crippen LogP) is 3.38. The Labute approximate surface area is 184 Å². The van der Waals surface area contributed by atoms with Crippen molar-refractivity contribution >= 4 is 23.4 Å². The highest BCUT2D eigenvalue weighted by molar-refractivity contribution is 7.99. The van der Waals surface area contributed by atoms with E-state index < -0.39 is 0 Å². The average Bonchev–Trinajstić information content (AvgIpc) is 2.80. The van der Waals surface area contributed by atoms with Crippen LogP contribution < -0.4 is 25.0 Å². The predicted molar refractivity (Wildman–Crippen MR) is 127 cm³/mol. The van der Waals surface area contributed by atoms with Gasteiger partial charge in [0.1, 0.15) is 6.10 Å². The first kappa shape index (κ1) is 22.2. The third-order valence-corrected chi connectivity index (χ3v) is 5.89. The highest BCUT2D eigenvalue weighted by atomic mass is 32.2. The molecule has 1 atom stereocenters. The fourth-order valence-corrected chi connectivity index (χ4v) is 4.17. The topological polar surface area (TPSA) is 58.1 Å². The van der Waals surface area contributed by atoms with E-state index in [1.165, 1.54) is 22.8 Å². The molecule has 1 fully saturated rings. The van der Waals surface area contributed by atoms with E-state index in [4.69, 9.17) is 9.47 Å². The number of rotatable bonds is 8. The largest absolute Gasteiger partial charge is 0.493 e. The van der Waals surface area contributed by atoms with Gasteiger partial charge in [-0.25, -0.2) is 0 Å². The second-order valence-electron chi connectivity index (χ2n) is 7.15. The van der Waals surface area contributed by atoms with Gasteiger partial charge in [0, 0.05) is 43.9 Å². The fraction of sp³-hybridized carbons (Fsp3) is 0.435. The molecule has 1 heterocycles. The highest BCUT2D eigenvalue weighted by Gasteiger charge is 2.11. The van der Waals surface area contributed by atoms with Crippen molar-refractivity contribution in [2.45, 2.75) is 19.6 Å². The molecule has 1 saturated heterocycles. The number of nitrogens with one attached hydrogen (secondary N) is 2. The number of para-hydroxylation sites is 2. The summed E-state index contributed by atoms with van der Waals surface area (Å²) in [4.78, 5) is 6.77. The number of aliphatic imine (C=N–C) groups is 1. The van der Waals surface area contributed by atoms with Crippen molar-refractivity contribution in [1.29, 1.82) is 0 Å². The van der Waals surface area contributed by atoms with Crippen molar-refractivity contribution in [2.24, 2.45) is 4.99 Å². The summed E-state index contributed by atoms with van der Waals surface area (Å²) in [5, 5.41) is 6.69. The van der Waals surface area contributed by atoms with Gasteiger partial charge in [0.2, 0.25) is 0 Å². The van der Waals surface area contributed by atoms with Crippen molar-refractivity contribution in [1.82, 2.24) is 10.6 Å². The zero-order valence-corrected chi connectivity index (χ0v) is 18.9. The van der Waals surface area contributed by atoms with Crippen molar-refractivity contribution in [3.05, 3.63) is 54.1 Å². The molecule has 6 nitrogen and oxygen atoms in total. The Bertz CT molecular complexity index is 807. The Kier molecular flexibility index (Phi) is 8.56. The summed E-state index contributed by atoms with van der Waals surface area (Å²) in [7, 11) is 3.42. The van der Waals surface area contributed by atoms with Crippen molar-refractivity contribution in [3.8, 4) is 11.5 Å². The van der Waals surface area contributed by atoms with Crippen LogP contribution in [0.1, 0.15) is 12.5 Å². The summed E-state index contributed by atoms with van der Waals surface area (Å²) in [6.45, 7) is 5.63. The Hall–Kier alpha value is -2.54. The van der Waals surface area contributed by atoms with Gasteiger partial charge < -0.3 is 25.0 Å². The van der Waals surface area contributed by atoms with Crippen LogP contribution in [0.2, 0.25) is 0 Å². The molecule has 0 bridgehead atoms. The lowest BCUT2D eigenvalue weighted by molar-refractivity contribution is 0.213. The summed E-state index contributed by atoms with van der Waals surface area (Å²) < 4.78 is 11.3. The van der Waals surface area contributed by atoms with Crippen molar-refractivity contribution < 1.29 is 9.47 Å². The molecule has 1 unspecified atom stereocenters. The molecule has 2 N–H and O–H groups in total. The molecule has 0 spiro atoms. The van der Waals surface area contributed by atoms with Crippen LogP contribution in [0, 0.1) is 0 Å². The zero-order chi connectivity index (χ0) is 21.2. The number of guanidine groups is 1. The van der Waals surface area contributed by atoms with Crippen LogP contribution in [0.4, 0.5) is 5.69 Å². The summed E-state index contributed by atoms with van der Waals surface area (Å²) in [5.74, 6) is 4.65. The molecule has 3 rings (SSSR count). The van der Waals surface area contributed by atoms with Crippen LogP contribution in [-0.4, -0.2) is 57.4 Å². The number of hydrogen-bond donors (Lipinski definition) is 2. The van der Waals surface area contributed by atoms with Gasteiger partial charge in [-0.1, -0.05) is 24.3 Å². The van der Waals surface area contributed by atoms with Crippen LogP contribution in [0.15, 0.2) is 53.5 Å². The molecule has 0 aromatic heterocycles. The minimum Gasteiger partial charge on any atom is -0.493 e. The number of benzene rings is 2. The van der Waals surface area contributed by atoms with E-state index in [2.05, 4.69) is 44.8 Å². The molecular weight excluding hydrogens is 396 g/mol. The molecular formula is C23H32N4O2S. The smallest absolute Gasteiger partial charge is 0.191 e. The minimum atomic E-state index is -0.0400. The molecule has 7 heteroatoms. The number of hydrogen-bond acceptors (Lipinski definition) is 5. The lowest BCUT2D eigenvalue weighted by atomic mass is 10.2. The summed E-state index contributed by atoms with van der Waals surface area (Å²) in [5.41, 5.74) is 2.54. The van der Waals surface area contributed by atoms with E-state index in [-0.39, 0.29) is 6.10 Å². The Morgan fingerprint density at radius 1 is 1.07 bits per heavy atom. The zero-order valence-electron chi connectivity index (χ0n) is 18.1. The molecule has 0 saturated carbocycles. The second-order valence-corrected chi connectivity index (χ2v) is 8.38. The number of nitrogens with zero attached hydrogens (tertiary/aromatic N) is 2. The third-order valence-electron chi connectivity index (χ3n) is 4.95. The number of thioether (sulfide) groups is 1. The number of ether oxygens (including phenoxy) is 2. The van der Waals surface area contributed by atoms with E-state index in [0.717, 1.165) is 37.1 Å². The van der Waals surface area contributed by atoms with Gasteiger partial charge in [0.05, 0.1) is 13.7 Å². The third kappa shape index (κ3) is 6.49. The van der Waals surface area contributed by atoms with Crippen LogP contribution in [0.5, 0.6) is 11.5 Å². The summed E-state index contributed by atoms with van der Waals surface area (Å²) in [6, 6.07) is 16.5. The first-order chi connectivity index (χ1) is 14.7. The quantitative estimate of drug-likeness (QED) is 0.497. The van der Waals surface area contributed by atoms with Crippen molar-refractivity contribution in [2.75, 3.05) is 50.2 Å². The monoisotopic (exact) mass is 428 g/mol. The summed E-state index contributed by atoms with van der Waals surface area (Å²) >= 11 is 2.03. The van der Waals surface area contributed by atoms with Gasteiger partial charge in [-0.05, 0) is 36.8 Å². The van der Waals surface area contributed by atoms with Gasteiger partial charge in [-0.15, -0.1) is 0 Å². The van der Waals surface area contributed by atoms with E-state index >= 15 is 0 Å². The lowest BCUT2D eigenvalue weighted by Gasteiger charge is -2.28. The average molecular weight is 429 g/mol. The molecule has 2 aromatic carbocycles. The maximum atomic E-state index is 5.99. The standard InChI is InChI=1S/C23H32N4O2S/c1-18(29-22-7-5-4-6-21(22)28-3)16-25-23(24-2)26-17-19-8-10-20(11-9-19)27-12-14-30-15-13-27/h4-11,18H,12-17H2,1-3H3,(H2,24,25,26). The van der Waals surface area contributed by atoms with Gasteiger partial charge in [-0.2, -0.15) is 11.8 Å². The molecule has 0 radical (unpaired) electrons. The first-order valence-electron chi connectivity index (χ1n) is 10.4. The molecule has 1 aliphatic heterocycles. The van der Waals surface area contributed by atoms with E-state index in [0.29, 0.717) is 6.54 Å². The highest BCUT2D eigenvalue weighted by Crippen LogP contribution is 2.26. The van der Waals surface area contributed by atoms with Crippen LogP contribution in [0.3, 0.4) is 0 Å². The molecule has 162 valence electrons. The Morgan fingerprint density at radius 2 is 1.77 bits per heavy atom. The number of anilines is 1. The molecule has 2 aromatic rings. The molecule has 0 aliphatic carbocycles. The maximum Gasteiger partial charge on any atom is 0.191 e. The SMILES string of the molecule is CN=C(NCc1ccc(N2CCSCC2)cc1)NCC(C)Oc1ccccc1OC. The second kappa shape index (κ2) is 11.6. The van der Waals surface area contributed by atoms with E-state index in [1.807, 2.05) is 43.0 Å². The van der Waals surface area contributed by atoms with Crippen LogP contribution >= 0.6 is 11.8 Å². The van der Waals surface area contributed by atoms with Gasteiger partial charge in [-0.3, -0.25) is 4.99 Å². The molecule has 1 aliphatic rings. The summed E-state index contributed by atoms with van der Waals surface area (Å²) in [6.07, 6.45) is -0.0400. The van der Waals surface area contributed by atoms with Gasteiger partial charge in [0.25, 0.3) is 0 Å². The maximum absolute atomic E-state index is 5.99. The number of methoxy groups -OCH3 is 1. The fourth-order valence-electron chi connectivity index (χ4n) is 3.27.